The fourth-order valence-corrected chi connectivity index (χ4v) is 2.65. The van der Waals surface area contributed by atoms with Gasteiger partial charge in [-0.3, -0.25) is 4.99 Å². The highest BCUT2D eigenvalue weighted by Gasteiger charge is 2.19. The van der Waals surface area contributed by atoms with Gasteiger partial charge >= 0.3 is 0 Å². The second kappa shape index (κ2) is 11.5. The number of halogens is 2. The third kappa shape index (κ3) is 6.43. The second-order valence-electron chi connectivity index (χ2n) is 5.53. The first-order valence-electron chi connectivity index (χ1n) is 8.27. The van der Waals surface area contributed by atoms with Crippen LogP contribution in [0.2, 0.25) is 0 Å². The van der Waals surface area contributed by atoms with Crippen LogP contribution in [0.5, 0.6) is 0 Å². The van der Waals surface area contributed by atoms with Crippen LogP contribution < -0.4 is 10.2 Å². The normalized spacial score (nSPS) is 15.2. The number of rotatable bonds is 6. The van der Waals surface area contributed by atoms with Crippen LogP contribution in [0.3, 0.4) is 0 Å². The minimum absolute atomic E-state index is 0. The van der Waals surface area contributed by atoms with Crippen molar-refractivity contribution in [3.8, 4) is 0 Å². The first kappa shape index (κ1) is 21.0. The quantitative estimate of drug-likeness (QED) is 0.313. The molecule has 7 heteroatoms. The van der Waals surface area contributed by atoms with Gasteiger partial charge < -0.3 is 19.9 Å². The summed E-state index contributed by atoms with van der Waals surface area (Å²) in [6.07, 6.45) is 0.931. The molecule has 1 aromatic carbocycles. The maximum absolute atomic E-state index is 13.0. The molecule has 136 valence electrons. The van der Waals surface area contributed by atoms with Gasteiger partial charge in [-0.15, -0.1) is 24.0 Å². The topological polar surface area (TPSA) is 40.1 Å². The molecule has 5 nitrogen and oxygen atoms in total. The molecule has 0 unspecified atom stereocenters. The lowest BCUT2D eigenvalue weighted by molar-refractivity contribution is 0.197. The molecule has 0 saturated carbocycles. The highest BCUT2D eigenvalue weighted by molar-refractivity contribution is 14.0. The van der Waals surface area contributed by atoms with Crippen LogP contribution in [0, 0.1) is 5.82 Å². The zero-order chi connectivity index (χ0) is 16.5. The van der Waals surface area contributed by atoms with E-state index < -0.39 is 0 Å². The summed E-state index contributed by atoms with van der Waals surface area (Å²) in [4.78, 5) is 9.24. The summed E-state index contributed by atoms with van der Waals surface area (Å²) in [5, 5.41) is 3.36. The van der Waals surface area contributed by atoms with Crippen molar-refractivity contribution in [2.45, 2.75) is 13.3 Å². The van der Waals surface area contributed by atoms with Crippen LogP contribution in [-0.2, 0) is 4.74 Å². The van der Waals surface area contributed by atoms with Crippen LogP contribution in [-0.4, -0.2) is 63.8 Å². The number of hydrogen-bond donors (Lipinski definition) is 1. The number of aliphatic imine (C=N–C) groups is 1. The van der Waals surface area contributed by atoms with Gasteiger partial charge in [0.15, 0.2) is 5.96 Å². The average Bonchev–Trinajstić information content (AvgIpc) is 2.59. The Kier molecular flexibility index (Phi) is 10.0. The second-order valence-corrected chi connectivity index (χ2v) is 5.53. The van der Waals surface area contributed by atoms with Gasteiger partial charge in [-0.2, -0.15) is 0 Å². The lowest BCUT2D eigenvalue weighted by atomic mass is 10.2. The predicted octanol–water partition coefficient (Wildman–Crippen LogP) is 2.57. The zero-order valence-corrected chi connectivity index (χ0v) is 16.8. The lowest BCUT2D eigenvalue weighted by Gasteiger charge is -2.37. The van der Waals surface area contributed by atoms with Crippen LogP contribution in [0.1, 0.15) is 13.3 Å². The van der Waals surface area contributed by atoms with E-state index in [0.29, 0.717) is 0 Å². The molecule has 0 radical (unpaired) electrons. The van der Waals surface area contributed by atoms with E-state index in [4.69, 9.17) is 4.74 Å². The van der Waals surface area contributed by atoms with Gasteiger partial charge in [0.2, 0.25) is 0 Å². The standard InChI is InChI=1S/C17H27FN4O.HI/c1-3-19-17(20-9-4-14-23-2)22-12-10-21(11-13-22)16-7-5-15(18)6-8-16;/h5-8H,3-4,9-14H2,1-2H3,(H,19,20);1H. The first-order chi connectivity index (χ1) is 11.2. The van der Waals surface area contributed by atoms with E-state index in [0.717, 1.165) is 63.9 Å². The SMILES string of the molecule is CCNC(=NCCCOC)N1CCN(c2ccc(F)cc2)CC1.I. The number of piperazine rings is 1. The summed E-state index contributed by atoms with van der Waals surface area (Å²) in [6.45, 7) is 8.10. The smallest absolute Gasteiger partial charge is 0.194 e. The van der Waals surface area contributed by atoms with Crippen molar-refractivity contribution in [1.29, 1.82) is 0 Å². The van der Waals surface area contributed by atoms with Crippen molar-refractivity contribution in [3.05, 3.63) is 30.1 Å². The number of ether oxygens (including phenoxy) is 1. The average molecular weight is 450 g/mol. The fraction of sp³-hybridized carbons (Fsp3) is 0.588. The molecule has 24 heavy (non-hydrogen) atoms. The van der Waals surface area contributed by atoms with Gasteiger partial charge in [0.1, 0.15) is 5.82 Å². The van der Waals surface area contributed by atoms with Gasteiger partial charge in [-0.1, -0.05) is 0 Å². The van der Waals surface area contributed by atoms with Gasteiger partial charge in [-0.05, 0) is 37.6 Å². The Balaban J connectivity index is 0.00000288. The Morgan fingerprint density at radius 3 is 2.46 bits per heavy atom. The Morgan fingerprint density at radius 2 is 1.88 bits per heavy atom. The number of anilines is 1. The number of nitrogens with one attached hydrogen (secondary N) is 1. The summed E-state index contributed by atoms with van der Waals surface area (Å²) < 4.78 is 18.1. The summed E-state index contributed by atoms with van der Waals surface area (Å²) >= 11 is 0. The van der Waals surface area contributed by atoms with Gasteiger partial charge in [0.05, 0.1) is 0 Å². The molecule has 0 atom stereocenters. The predicted molar refractivity (Wildman–Crippen MR) is 108 cm³/mol. The minimum Gasteiger partial charge on any atom is -0.385 e. The fourth-order valence-electron chi connectivity index (χ4n) is 2.65. The molecule has 0 aromatic heterocycles. The number of benzene rings is 1. The van der Waals surface area contributed by atoms with Crippen LogP contribution in [0.25, 0.3) is 0 Å². The minimum atomic E-state index is -0.190. The third-order valence-corrected chi connectivity index (χ3v) is 3.87. The van der Waals surface area contributed by atoms with Crippen molar-refractivity contribution >= 4 is 35.6 Å². The molecule has 1 aliphatic heterocycles. The summed E-state index contributed by atoms with van der Waals surface area (Å²) in [6, 6.07) is 6.72. The third-order valence-electron chi connectivity index (χ3n) is 3.87. The Labute approximate surface area is 161 Å². The number of hydrogen-bond acceptors (Lipinski definition) is 3. The van der Waals surface area contributed by atoms with Crippen LogP contribution >= 0.6 is 24.0 Å². The number of methoxy groups -OCH3 is 1. The highest BCUT2D eigenvalue weighted by Crippen LogP contribution is 2.16. The molecular formula is C17H28FIN4O. The molecule has 0 aliphatic carbocycles. The van der Waals surface area contributed by atoms with E-state index in [1.165, 1.54) is 12.1 Å². The van der Waals surface area contributed by atoms with Gasteiger partial charge in [-0.25, -0.2) is 4.39 Å². The maximum atomic E-state index is 13.0. The van der Waals surface area contributed by atoms with E-state index in [-0.39, 0.29) is 29.8 Å². The van der Waals surface area contributed by atoms with Crippen molar-refractivity contribution < 1.29 is 9.13 Å². The van der Waals surface area contributed by atoms with Crippen molar-refractivity contribution in [3.63, 3.8) is 0 Å². The molecule has 1 N–H and O–H groups in total. The molecule has 1 aromatic rings. The summed E-state index contributed by atoms with van der Waals surface area (Å²) in [7, 11) is 1.71. The Morgan fingerprint density at radius 1 is 1.21 bits per heavy atom. The maximum Gasteiger partial charge on any atom is 0.194 e. The van der Waals surface area contributed by atoms with E-state index in [2.05, 4.69) is 27.0 Å². The molecule has 0 bridgehead atoms. The molecule has 1 fully saturated rings. The monoisotopic (exact) mass is 450 g/mol. The summed E-state index contributed by atoms with van der Waals surface area (Å²) in [5.74, 6) is 0.785. The van der Waals surface area contributed by atoms with Gasteiger partial charge in [0.25, 0.3) is 0 Å². The van der Waals surface area contributed by atoms with Crippen molar-refractivity contribution in [1.82, 2.24) is 10.2 Å². The first-order valence-corrected chi connectivity index (χ1v) is 8.27. The molecule has 0 amide bonds. The number of guanidine groups is 1. The van der Waals surface area contributed by atoms with E-state index in [1.807, 2.05) is 12.1 Å². The van der Waals surface area contributed by atoms with E-state index in [9.17, 15) is 4.39 Å². The lowest BCUT2D eigenvalue weighted by Crippen LogP contribution is -2.52. The Bertz CT molecular complexity index is 490. The highest BCUT2D eigenvalue weighted by atomic mass is 127. The van der Waals surface area contributed by atoms with Crippen molar-refractivity contribution in [2.24, 2.45) is 4.99 Å². The molecule has 1 saturated heterocycles. The largest absolute Gasteiger partial charge is 0.385 e. The van der Waals surface area contributed by atoms with E-state index >= 15 is 0 Å². The molecule has 0 spiro atoms. The van der Waals surface area contributed by atoms with Crippen molar-refractivity contribution in [2.75, 3.05) is 57.9 Å². The molecule has 1 heterocycles. The Hall–Kier alpha value is -1.09. The summed E-state index contributed by atoms with van der Waals surface area (Å²) in [5.41, 5.74) is 1.08. The number of nitrogens with zero attached hydrogens (tertiary/aromatic N) is 3. The van der Waals surface area contributed by atoms with Crippen LogP contribution in [0.15, 0.2) is 29.3 Å². The van der Waals surface area contributed by atoms with Crippen LogP contribution in [0.4, 0.5) is 10.1 Å². The van der Waals surface area contributed by atoms with Gasteiger partial charge in [0, 0.05) is 58.7 Å². The zero-order valence-electron chi connectivity index (χ0n) is 14.5. The van der Waals surface area contributed by atoms with E-state index in [1.54, 1.807) is 7.11 Å². The molecule has 1 aliphatic rings. The molecule has 2 rings (SSSR count). The molecular weight excluding hydrogens is 422 g/mol.